The van der Waals surface area contributed by atoms with Gasteiger partial charge < -0.3 is 15.2 Å². The van der Waals surface area contributed by atoms with Gasteiger partial charge in [0, 0.05) is 18.3 Å². The molecule has 6 nitrogen and oxygen atoms in total. The van der Waals surface area contributed by atoms with Crippen molar-refractivity contribution in [3.05, 3.63) is 29.6 Å². The molecule has 0 aliphatic rings. The van der Waals surface area contributed by atoms with Crippen LogP contribution in [0, 0.1) is 0 Å². The van der Waals surface area contributed by atoms with Gasteiger partial charge in [-0.3, -0.25) is 14.6 Å². The van der Waals surface area contributed by atoms with E-state index in [4.69, 9.17) is 9.84 Å². The van der Waals surface area contributed by atoms with Crippen molar-refractivity contribution in [2.45, 2.75) is 52.2 Å². The number of aliphatic hydroxyl groups is 1. The molecule has 2 N–H and O–H groups in total. The molecule has 0 saturated heterocycles. The average molecular weight is 308 g/mol. The third-order valence-electron chi connectivity index (χ3n) is 3.71. The van der Waals surface area contributed by atoms with Crippen LogP contribution in [0.15, 0.2) is 18.3 Å². The molecule has 0 aliphatic heterocycles. The van der Waals surface area contributed by atoms with E-state index in [1.807, 2.05) is 20.8 Å². The Morgan fingerprint density at radius 1 is 1.36 bits per heavy atom. The summed E-state index contributed by atoms with van der Waals surface area (Å²) in [7, 11) is 0. The van der Waals surface area contributed by atoms with Crippen molar-refractivity contribution in [2.75, 3.05) is 6.54 Å². The molecule has 6 heteroatoms. The molecule has 0 atom stereocenters. The fourth-order valence-corrected chi connectivity index (χ4v) is 1.81. The zero-order valence-electron chi connectivity index (χ0n) is 13.4. The highest BCUT2D eigenvalue weighted by atomic mass is 16.6. The highest BCUT2D eigenvalue weighted by molar-refractivity contribution is 5.94. The Morgan fingerprint density at radius 2 is 2.05 bits per heavy atom. The number of pyridine rings is 1. The molecule has 0 aromatic carbocycles. The standard InChI is InChI=1S/C16H24N2O4/c1-4-16(3,5-2)22-14(20)7-9-18-15(21)12-6-8-17-13(10-12)11-19/h6,8,10,19H,4-5,7,9,11H2,1-3H3,(H,18,21). The highest BCUT2D eigenvalue weighted by Crippen LogP contribution is 2.19. The predicted octanol–water partition coefficient (Wildman–Crippen LogP) is 1.82. The second-order valence-electron chi connectivity index (χ2n) is 5.33. The van der Waals surface area contributed by atoms with Crippen molar-refractivity contribution in [1.29, 1.82) is 0 Å². The zero-order chi connectivity index (χ0) is 16.6. The molecular formula is C16H24N2O4. The Bertz CT molecular complexity index is 513. The maximum atomic E-state index is 11.9. The molecule has 1 aromatic heterocycles. The molecule has 122 valence electrons. The van der Waals surface area contributed by atoms with E-state index in [2.05, 4.69) is 10.3 Å². The smallest absolute Gasteiger partial charge is 0.308 e. The van der Waals surface area contributed by atoms with Crippen molar-refractivity contribution in [3.63, 3.8) is 0 Å². The molecule has 0 bridgehead atoms. The van der Waals surface area contributed by atoms with Gasteiger partial charge >= 0.3 is 5.97 Å². The van der Waals surface area contributed by atoms with Gasteiger partial charge in [0.05, 0.1) is 18.7 Å². The van der Waals surface area contributed by atoms with Gasteiger partial charge in [-0.15, -0.1) is 0 Å². The van der Waals surface area contributed by atoms with Gasteiger partial charge in [-0.25, -0.2) is 0 Å². The van der Waals surface area contributed by atoms with Crippen LogP contribution in [-0.4, -0.2) is 34.1 Å². The lowest BCUT2D eigenvalue weighted by atomic mass is 10.0. The number of hydrogen-bond acceptors (Lipinski definition) is 5. The molecule has 1 amide bonds. The van der Waals surface area contributed by atoms with Crippen LogP contribution in [0.4, 0.5) is 0 Å². The first-order valence-electron chi connectivity index (χ1n) is 7.50. The lowest BCUT2D eigenvalue weighted by Gasteiger charge is -2.26. The lowest BCUT2D eigenvalue weighted by Crippen LogP contribution is -2.32. The summed E-state index contributed by atoms with van der Waals surface area (Å²) in [5.74, 6) is -0.629. The molecule has 0 spiro atoms. The number of carbonyl (C=O) groups is 2. The lowest BCUT2D eigenvalue weighted by molar-refractivity contribution is -0.158. The van der Waals surface area contributed by atoms with Crippen molar-refractivity contribution in [3.8, 4) is 0 Å². The Morgan fingerprint density at radius 3 is 2.64 bits per heavy atom. The number of aliphatic hydroxyl groups excluding tert-OH is 1. The maximum Gasteiger partial charge on any atom is 0.308 e. The minimum Gasteiger partial charge on any atom is -0.459 e. The van der Waals surface area contributed by atoms with E-state index >= 15 is 0 Å². The second kappa shape index (κ2) is 8.48. The van der Waals surface area contributed by atoms with Gasteiger partial charge in [0.15, 0.2) is 0 Å². The van der Waals surface area contributed by atoms with Gasteiger partial charge in [0.1, 0.15) is 5.60 Å². The van der Waals surface area contributed by atoms with Gasteiger partial charge in [-0.1, -0.05) is 13.8 Å². The molecule has 1 rings (SSSR count). The second-order valence-corrected chi connectivity index (χ2v) is 5.33. The summed E-state index contributed by atoms with van der Waals surface area (Å²) in [5, 5.41) is 11.6. The molecule has 0 aliphatic carbocycles. The molecule has 0 radical (unpaired) electrons. The first-order chi connectivity index (χ1) is 10.4. The average Bonchev–Trinajstić information content (AvgIpc) is 2.54. The molecule has 0 unspecified atom stereocenters. The Balaban J connectivity index is 2.43. The number of carbonyl (C=O) groups excluding carboxylic acids is 2. The molecule has 1 heterocycles. The monoisotopic (exact) mass is 308 g/mol. The minimum absolute atomic E-state index is 0.124. The summed E-state index contributed by atoms with van der Waals surface area (Å²) in [6, 6.07) is 3.07. The number of rotatable bonds is 8. The number of nitrogens with zero attached hydrogens (tertiary/aromatic N) is 1. The van der Waals surface area contributed by atoms with Crippen LogP contribution in [0.5, 0.6) is 0 Å². The quantitative estimate of drug-likeness (QED) is 0.715. The minimum atomic E-state index is -0.442. The SMILES string of the molecule is CCC(C)(CC)OC(=O)CCNC(=O)c1ccnc(CO)c1. The Kier molecular flexibility index (Phi) is 6.98. The van der Waals surface area contributed by atoms with Crippen molar-refractivity contribution in [1.82, 2.24) is 10.3 Å². The fourth-order valence-electron chi connectivity index (χ4n) is 1.81. The van der Waals surface area contributed by atoms with Crippen LogP contribution in [-0.2, 0) is 16.1 Å². The van der Waals surface area contributed by atoms with Crippen molar-refractivity contribution in [2.24, 2.45) is 0 Å². The van der Waals surface area contributed by atoms with E-state index < -0.39 is 5.60 Å². The van der Waals surface area contributed by atoms with E-state index in [-0.39, 0.29) is 31.4 Å². The number of hydrogen-bond donors (Lipinski definition) is 2. The zero-order valence-corrected chi connectivity index (χ0v) is 13.4. The van der Waals surface area contributed by atoms with Crippen molar-refractivity contribution < 1.29 is 19.4 Å². The topological polar surface area (TPSA) is 88.5 Å². The first-order valence-corrected chi connectivity index (χ1v) is 7.50. The van der Waals surface area contributed by atoms with Crippen LogP contribution >= 0.6 is 0 Å². The Hall–Kier alpha value is -1.95. The predicted molar refractivity (Wildman–Crippen MR) is 82.2 cm³/mol. The highest BCUT2D eigenvalue weighted by Gasteiger charge is 2.24. The third-order valence-corrected chi connectivity index (χ3v) is 3.71. The van der Waals surface area contributed by atoms with E-state index in [1.54, 1.807) is 6.07 Å². The van der Waals surface area contributed by atoms with Crippen LogP contribution in [0.3, 0.4) is 0 Å². The molecule has 1 aromatic rings. The number of amides is 1. The summed E-state index contributed by atoms with van der Waals surface area (Å²) in [5.41, 5.74) is 0.385. The van der Waals surface area contributed by atoms with Crippen molar-refractivity contribution >= 4 is 11.9 Å². The van der Waals surface area contributed by atoms with E-state index in [0.29, 0.717) is 11.3 Å². The summed E-state index contributed by atoms with van der Waals surface area (Å²) in [4.78, 5) is 27.6. The van der Waals surface area contributed by atoms with E-state index in [1.165, 1.54) is 12.3 Å². The van der Waals surface area contributed by atoms with Gasteiger partial charge in [0.2, 0.25) is 0 Å². The normalized spacial score (nSPS) is 11.1. The van der Waals surface area contributed by atoms with Crippen LogP contribution in [0.25, 0.3) is 0 Å². The number of nitrogens with one attached hydrogen (secondary N) is 1. The largest absolute Gasteiger partial charge is 0.459 e. The van der Waals surface area contributed by atoms with Gasteiger partial charge in [-0.2, -0.15) is 0 Å². The summed E-state index contributed by atoms with van der Waals surface area (Å²) in [6.07, 6.45) is 3.09. The van der Waals surface area contributed by atoms with Gasteiger partial charge in [-0.05, 0) is 31.9 Å². The molecule has 22 heavy (non-hydrogen) atoms. The molecule has 0 saturated carbocycles. The van der Waals surface area contributed by atoms with Crippen LogP contribution in [0.1, 0.15) is 56.1 Å². The number of ether oxygens (including phenoxy) is 1. The fraction of sp³-hybridized carbons (Fsp3) is 0.562. The number of esters is 1. The Labute approximate surface area is 130 Å². The van der Waals surface area contributed by atoms with E-state index in [0.717, 1.165) is 12.8 Å². The first kappa shape index (κ1) is 18.1. The third kappa shape index (κ3) is 5.44. The van der Waals surface area contributed by atoms with E-state index in [9.17, 15) is 9.59 Å². The molecule has 0 fully saturated rings. The summed E-state index contributed by atoms with van der Waals surface area (Å²) >= 11 is 0. The van der Waals surface area contributed by atoms with Gasteiger partial charge in [0.25, 0.3) is 5.91 Å². The maximum absolute atomic E-state index is 11.9. The summed E-state index contributed by atoms with van der Waals surface area (Å²) < 4.78 is 5.43. The van der Waals surface area contributed by atoms with Crippen LogP contribution in [0.2, 0.25) is 0 Å². The molecular weight excluding hydrogens is 284 g/mol. The van der Waals surface area contributed by atoms with Crippen LogP contribution < -0.4 is 5.32 Å². The number of aromatic nitrogens is 1. The summed E-state index contributed by atoms with van der Waals surface area (Å²) in [6.45, 7) is 5.83.